The minimum Gasteiger partial charge on any atom is -0.314 e. The molecular formula is C17H27FN4. The summed E-state index contributed by atoms with van der Waals surface area (Å²) >= 11 is 0. The molecule has 3 rings (SSSR count). The third-order valence-electron chi connectivity index (χ3n) is 4.87. The van der Waals surface area contributed by atoms with Gasteiger partial charge in [0, 0.05) is 64.9 Å². The van der Waals surface area contributed by atoms with E-state index in [9.17, 15) is 4.39 Å². The predicted molar refractivity (Wildman–Crippen MR) is 87.5 cm³/mol. The van der Waals surface area contributed by atoms with Crippen LogP contribution in [0.1, 0.15) is 11.6 Å². The van der Waals surface area contributed by atoms with E-state index < -0.39 is 0 Å². The Bertz CT molecular complexity index is 450. The van der Waals surface area contributed by atoms with Crippen molar-refractivity contribution < 1.29 is 4.39 Å². The fraction of sp³-hybridized carbons (Fsp3) is 0.647. The lowest BCUT2D eigenvalue weighted by atomic mass is 10.0. The summed E-state index contributed by atoms with van der Waals surface area (Å²) < 4.78 is 13.3. The molecule has 0 amide bonds. The Labute approximate surface area is 132 Å². The summed E-state index contributed by atoms with van der Waals surface area (Å²) in [5.74, 6) is -0.151. The van der Waals surface area contributed by atoms with Gasteiger partial charge in [-0.1, -0.05) is 12.1 Å². The molecule has 122 valence electrons. The number of likely N-dealkylation sites (N-methyl/N-ethyl adjacent to an activating group) is 1. The first-order valence-electron chi connectivity index (χ1n) is 8.33. The lowest BCUT2D eigenvalue weighted by molar-refractivity contribution is 0.0923. The lowest BCUT2D eigenvalue weighted by Crippen LogP contribution is -2.51. The van der Waals surface area contributed by atoms with Gasteiger partial charge in [-0.05, 0) is 24.7 Å². The van der Waals surface area contributed by atoms with Crippen molar-refractivity contribution in [3.63, 3.8) is 0 Å². The van der Waals surface area contributed by atoms with Crippen LogP contribution in [-0.2, 0) is 0 Å². The average Bonchev–Trinajstić information content (AvgIpc) is 2.56. The third-order valence-corrected chi connectivity index (χ3v) is 4.87. The second-order valence-electron chi connectivity index (χ2n) is 6.46. The van der Waals surface area contributed by atoms with Crippen LogP contribution in [0.5, 0.6) is 0 Å². The molecule has 5 heteroatoms. The van der Waals surface area contributed by atoms with E-state index in [1.807, 2.05) is 12.1 Å². The Morgan fingerprint density at radius 1 is 1.00 bits per heavy atom. The largest absolute Gasteiger partial charge is 0.314 e. The van der Waals surface area contributed by atoms with E-state index in [1.54, 1.807) is 12.1 Å². The maximum absolute atomic E-state index is 13.3. The summed E-state index contributed by atoms with van der Waals surface area (Å²) in [6, 6.07) is 7.46. The zero-order valence-corrected chi connectivity index (χ0v) is 13.5. The van der Waals surface area contributed by atoms with Crippen LogP contribution in [0, 0.1) is 5.82 Å². The summed E-state index contributed by atoms with van der Waals surface area (Å²) in [5.41, 5.74) is 1.24. The van der Waals surface area contributed by atoms with Crippen molar-refractivity contribution in [2.75, 3.05) is 66.0 Å². The van der Waals surface area contributed by atoms with Gasteiger partial charge < -0.3 is 10.2 Å². The number of piperazine rings is 2. The van der Waals surface area contributed by atoms with Crippen LogP contribution in [0.4, 0.5) is 4.39 Å². The minimum absolute atomic E-state index is 0.151. The highest BCUT2D eigenvalue weighted by molar-refractivity contribution is 5.21. The number of nitrogens with one attached hydrogen (secondary N) is 1. The molecule has 0 bridgehead atoms. The molecule has 2 aliphatic rings. The Balaban J connectivity index is 1.71. The van der Waals surface area contributed by atoms with E-state index in [0.717, 1.165) is 58.9 Å². The highest BCUT2D eigenvalue weighted by Crippen LogP contribution is 2.23. The lowest BCUT2D eigenvalue weighted by Gasteiger charge is -2.40. The molecule has 22 heavy (non-hydrogen) atoms. The van der Waals surface area contributed by atoms with Crippen molar-refractivity contribution in [1.82, 2.24) is 20.0 Å². The van der Waals surface area contributed by atoms with Gasteiger partial charge in [0.1, 0.15) is 5.82 Å². The van der Waals surface area contributed by atoms with Crippen LogP contribution >= 0.6 is 0 Å². The molecule has 2 heterocycles. The van der Waals surface area contributed by atoms with Crippen molar-refractivity contribution in [2.24, 2.45) is 0 Å². The second-order valence-corrected chi connectivity index (χ2v) is 6.46. The summed E-state index contributed by atoms with van der Waals surface area (Å²) in [4.78, 5) is 7.48. The average molecular weight is 306 g/mol. The number of hydrogen-bond acceptors (Lipinski definition) is 4. The first kappa shape index (κ1) is 15.9. The van der Waals surface area contributed by atoms with Gasteiger partial charge in [0.2, 0.25) is 0 Å². The van der Waals surface area contributed by atoms with Gasteiger partial charge in [-0.25, -0.2) is 4.39 Å². The zero-order chi connectivity index (χ0) is 15.4. The highest BCUT2D eigenvalue weighted by Gasteiger charge is 2.25. The third kappa shape index (κ3) is 4.04. The number of rotatable bonds is 4. The van der Waals surface area contributed by atoms with Gasteiger partial charge in [0.05, 0.1) is 0 Å². The van der Waals surface area contributed by atoms with Crippen LogP contribution in [0.25, 0.3) is 0 Å². The molecule has 0 aromatic heterocycles. The molecule has 2 saturated heterocycles. The van der Waals surface area contributed by atoms with E-state index in [2.05, 4.69) is 27.1 Å². The van der Waals surface area contributed by atoms with Gasteiger partial charge >= 0.3 is 0 Å². The van der Waals surface area contributed by atoms with E-state index in [4.69, 9.17) is 0 Å². The molecule has 1 N–H and O–H groups in total. The molecule has 1 aromatic carbocycles. The molecule has 0 saturated carbocycles. The van der Waals surface area contributed by atoms with Crippen molar-refractivity contribution in [3.05, 3.63) is 35.6 Å². The fourth-order valence-electron chi connectivity index (χ4n) is 3.39. The monoisotopic (exact) mass is 306 g/mol. The molecule has 0 aliphatic carbocycles. The topological polar surface area (TPSA) is 21.8 Å². The van der Waals surface area contributed by atoms with Crippen LogP contribution in [-0.4, -0.2) is 80.7 Å². The molecule has 0 radical (unpaired) electrons. The van der Waals surface area contributed by atoms with Gasteiger partial charge in [-0.3, -0.25) is 9.80 Å². The van der Waals surface area contributed by atoms with Crippen LogP contribution in [0.3, 0.4) is 0 Å². The molecular weight excluding hydrogens is 279 g/mol. The molecule has 4 nitrogen and oxygen atoms in total. The second kappa shape index (κ2) is 7.51. The summed E-state index contributed by atoms with van der Waals surface area (Å²) in [6.07, 6.45) is 0. The van der Waals surface area contributed by atoms with Crippen molar-refractivity contribution >= 4 is 0 Å². The summed E-state index contributed by atoms with van der Waals surface area (Å²) in [7, 11) is 2.19. The Kier molecular flexibility index (Phi) is 5.41. The first-order chi connectivity index (χ1) is 10.7. The fourth-order valence-corrected chi connectivity index (χ4v) is 3.39. The van der Waals surface area contributed by atoms with Gasteiger partial charge in [0.15, 0.2) is 0 Å². The Morgan fingerprint density at radius 2 is 1.64 bits per heavy atom. The first-order valence-corrected chi connectivity index (χ1v) is 8.33. The summed E-state index contributed by atoms with van der Waals surface area (Å²) in [6.45, 7) is 9.78. The highest BCUT2D eigenvalue weighted by atomic mass is 19.1. The van der Waals surface area contributed by atoms with Gasteiger partial charge in [-0.2, -0.15) is 0 Å². The molecule has 2 fully saturated rings. The molecule has 1 aromatic rings. The summed E-state index contributed by atoms with van der Waals surface area (Å²) in [5, 5.41) is 3.42. The molecule has 1 unspecified atom stereocenters. The van der Waals surface area contributed by atoms with Gasteiger partial charge in [0.25, 0.3) is 0 Å². The minimum atomic E-state index is -0.151. The van der Waals surface area contributed by atoms with E-state index in [-0.39, 0.29) is 5.82 Å². The van der Waals surface area contributed by atoms with Crippen molar-refractivity contribution in [3.8, 4) is 0 Å². The molecule has 1 atom stereocenters. The van der Waals surface area contributed by atoms with E-state index >= 15 is 0 Å². The van der Waals surface area contributed by atoms with Crippen LogP contribution < -0.4 is 5.32 Å². The van der Waals surface area contributed by atoms with E-state index in [0.29, 0.717) is 6.04 Å². The maximum atomic E-state index is 13.3. The normalized spacial score (nSPS) is 23.5. The van der Waals surface area contributed by atoms with Crippen molar-refractivity contribution in [1.29, 1.82) is 0 Å². The standard InChI is InChI=1S/C17H27FN4/c1-20-10-12-21(13-11-20)14-17(22-8-6-19-7-9-22)15-2-4-16(18)5-3-15/h2-5,17,19H,6-14H2,1H3. The SMILES string of the molecule is CN1CCN(CC(c2ccc(F)cc2)N2CCNCC2)CC1. The Morgan fingerprint density at radius 3 is 2.27 bits per heavy atom. The van der Waals surface area contributed by atoms with Crippen molar-refractivity contribution in [2.45, 2.75) is 6.04 Å². The smallest absolute Gasteiger partial charge is 0.123 e. The van der Waals surface area contributed by atoms with Gasteiger partial charge in [-0.15, -0.1) is 0 Å². The zero-order valence-electron chi connectivity index (χ0n) is 13.5. The Hall–Kier alpha value is -1.01. The molecule has 0 spiro atoms. The van der Waals surface area contributed by atoms with Crippen LogP contribution in [0.2, 0.25) is 0 Å². The number of benzene rings is 1. The number of hydrogen-bond donors (Lipinski definition) is 1. The van der Waals surface area contributed by atoms with E-state index in [1.165, 1.54) is 5.56 Å². The molecule has 2 aliphatic heterocycles. The predicted octanol–water partition coefficient (Wildman–Crippen LogP) is 1.02. The van der Waals surface area contributed by atoms with Crippen LogP contribution in [0.15, 0.2) is 24.3 Å². The number of halogens is 1. The quantitative estimate of drug-likeness (QED) is 0.896. The number of nitrogens with zero attached hydrogens (tertiary/aromatic N) is 3. The maximum Gasteiger partial charge on any atom is 0.123 e.